The van der Waals surface area contributed by atoms with Crippen LogP contribution in [0.5, 0.6) is 0 Å². The van der Waals surface area contributed by atoms with E-state index in [1.165, 1.54) is 22.7 Å². The zero-order valence-corrected chi connectivity index (χ0v) is 12.3. The molecular weight excluding hydrogens is 268 g/mol. The van der Waals surface area contributed by atoms with Gasteiger partial charge in [-0.2, -0.15) is 17.0 Å². The van der Waals surface area contributed by atoms with Crippen LogP contribution in [0.4, 0.5) is 0 Å². The smallest absolute Gasteiger partial charge is 0.281 e. The molecule has 0 aromatic rings. The Kier molecular flexibility index (Phi) is 5.92. The number of nitrogens with zero attached hydrogens (tertiary/aromatic N) is 3. The van der Waals surface area contributed by atoms with Gasteiger partial charge in [0, 0.05) is 46.8 Å². The Balaban J connectivity index is 2.41. The van der Waals surface area contributed by atoms with Gasteiger partial charge in [0.2, 0.25) is 5.91 Å². The minimum absolute atomic E-state index is 0.0659. The topological polar surface area (TPSA) is 73.0 Å². The van der Waals surface area contributed by atoms with E-state index in [1.54, 1.807) is 6.08 Å². The van der Waals surface area contributed by atoms with E-state index >= 15 is 0 Å². The standard InChI is InChI=1S/C11H22N4O3S/c1-4-5-12-11(16)10-14-6-8-15(9-7-14)19(17,18)13(2)3/h4H,1,5-10H2,2-3H3,(H,12,16). The van der Waals surface area contributed by atoms with Crippen LogP contribution >= 0.6 is 0 Å². The van der Waals surface area contributed by atoms with Gasteiger partial charge in [-0.15, -0.1) is 6.58 Å². The van der Waals surface area contributed by atoms with E-state index in [4.69, 9.17) is 0 Å². The summed E-state index contributed by atoms with van der Waals surface area (Å²) in [5, 5.41) is 2.70. The van der Waals surface area contributed by atoms with E-state index in [9.17, 15) is 13.2 Å². The number of hydrogen-bond acceptors (Lipinski definition) is 4. The summed E-state index contributed by atoms with van der Waals surface area (Å²) in [6.07, 6.45) is 1.62. The van der Waals surface area contributed by atoms with Crippen molar-refractivity contribution in [3.63, 3.8) is 0 Å². The lowest BCUT2D eigenvalue weighted by atomic mass is 10.3. The third-order valence-corrected chi connectivity index (χ3v) is 4.87. The second-order valence-electron chi connectivity index (χ2n) is 4.56. The van der Waals surface area contributed by atoms with E-state index < -0.39 is 10.2 Å². The Labute approximate surface area is 115 Å². The van der Waals surface area contributed by atoms with Crippen LogP contribution in [0, 0.1) is 0 Å². The van der Waals surface area contributed by atoms with E-state index in [1.807, 2.05) is 4.90 Å². The van der Waals surface area contributed by atoms with Crippen LogP contribution < -0.4 is 5.32 Å². The van der Waals surface area contributed by atoms with Gasteiger partial charge in [0.1, 0.15) is 0 Å². The zero-order valence-electron chi connectivity index (χ0n) is 11.5. The molecule has 8 heteroatoms. The maximum absolute atomic E-state index is 11.9. The van der Waals surface area contributed by atoms with Crippen molar-refractivity contribution in [2.24, 2.45) is 0 Å². The molecule has 0 spiro atoms. The van der Waals surface area contributed by atoms with E-state index in [-0.39, 0.29) is 5.91 Å². The van der Waals surface area contributed by atoms with Crippen molar-refractivity contribution in [1.82, 2.24) is 18.8 Å². The number of carbonyl (C=O) groups excluding carboxylic acids is 1. The van der Waals surface area contributed by atoms with Crippen molar-refractivity contribution in [3.05, 3.63) is 12.7 Å². The molecule has 1 fully saturated rings. The number of carbonyl (C=O) groups is 1. The molecule has 1 saturated heterocycles. The number of piperazine rings is 1. The Bertz CT molecular complexity index is 414. The van der Waals surface area contributed by atoms with Gasteiger partial charge in [-0.05, 0) is 0 Å². The van der Waals surface area contributed by atoms with Gasteiger partial charge in [-0.1, -0.05) is 6.08 Å². The summed E-state index contributed by atoms with van der Waals surface area (Å²) in [4.78, 5) is 13.5. The molecular formula is C11H22N4O3S. The average molecular weight is 290 g/mol. The lowest BCUT2D eigenvalue weighted by molar-refractivity contribution is -0.122. The molecule has 1 rings (SSSR count). The highest BCUT2D eigenvalue weighted by Gasteiger charge is 2.28. The van der Waals surface area contributed by atoms with Crippen molar-refractivity contribution < 1.29 is 13.2 Å². The highest BCUT2D eigenvalue weighted by Crippen LogP contribution is 2.09. The van der Waals surface area contributed by atoms with Gasteiger partial charge in [0.05, 0.1) is 6.54 Å². The van der Waals surface area contributed by atoms with Gasteiger partial charge in [0.25, 0.3) is 10.2 Å². The third-order valence-electron chi connectivity index (χ3n) is 2.93. The van der Waals surface area contributed by atoms with Gasteiger partial charge >= 0.3 is 0 Å². The maximum atomic E-state index is 11.9. The fourth-order valence-electron chi connectivity index (χ4n) is 1.79. The summed E-state index contributed by atoms with van der Waals surface area (Å²) in [6.45, 7) is 6.23. The van der Waals surface area contributed by atoms with Gasteiger partial charge in [0.15, 0.2) is 0 Å². The minimum Gasteiger partial charge on any atom is -0.352 e. The molecule has 7 nitrogen and oxygen atoms in total. The fraction of sp³-hybridized carbons (Fsp3) is 0.727. The second-order valence-corrected chi connectivity index (χ2v) is 6.70. The highest BCUT2D eigenvalue weighted by atomic mass is 32.2. The van der Waals surface area contributed by atoms with E-state index in [0.29, 0.717) is 39.3 Å². The molecule has 1 aliphatic heterocycles. The first kappa shape index (κ1) is 16.1. The summed E-state index contributed by atoms with van der Waals surface area (Å²) in [5.74, 6) is -0.0659. The molecule has 0 aromatic carbocycles. The van der Waals surface area contributed by atoms with Gasteiger partial charge < -0.3 is 5.32 Å². The highest BCUT2D eigenvalue weighted by molar-refractivity contribution is 7.86. The number of nitrogens with one attached hydrogen (secondary N) is 1. The Hall–Kier alpha value is -0.960. The van der Waals surface area contributed by atoms with Crippen molar-refractivity contribution in [2.45, 2.75) is 0 Å². The van der Waals surface area contributed by atoms with E-state index in [2.05, 4.69) is 11.9 Å². The normalized spacial score (nSPS) is 18.5. The molecule has 0 radical (unpaired) electrons. The molecule has 0 unspecified atom stereocenters. The SMILES string of the molecule is C=CCNC(=O)CN1CCN(S(=O)(=O)N(C)C)CC1. The molecule has 0 saturated carbocycles. The van der Waals surface area contributed by atoms with Crippen molar-refractivity contribution >= 4 is 16.1 Å². The molecule has 1 amide bonds. The molecule has 1 N–H and O–H groups in total. The van der Waals surface area contributed by atoms with Gasteiger partial charge in [-0.3, -0.25) is 9.69 Å². The summed E-state index contributed by atoms with van der Waals surface area (Å²) in [6, 6.07) is 0. The predicted molar refractivity (Wildman–Crippen MR) is 73.8 cm³/mol. The predicted octanol–water partition coefficient (Wildman–Crippen LogP) is -1.29. The largest absolute Gasteiger partial charge is 0.352 e. The van der Waals surface area contributed by atoms with Crippen LogP contribution in [0.25, 0.3) is 0 Å². The minimum atomic E-state index is -3.34. The number of amides is 1. The van der Waals surface area contributed by atoms with Crippen LogP contribution in [0.15, 0.2) is 12.7 Å². The summed E-state index contributed by atoms with van der Waals surface area (Å²) in [7, 11) is -0.303. The van der Waals surface area contributed by atoms with Crippen molar-refractivity contribution in [1.29, 1.82) is 0 Å². The maximum Gasteiger partial charge on any atom is 0.281 e. The van der Waals surface area contributed by atoms with Crippen LogP contribution in [-0.4, -0.2) is 81.2 Å². The number of rotatable bonds is 6. The van der Waals surface area contributed by atoms with Crippen molar-refractivity contribution in [3.8, 4) is 0 Å². The Morgan fingerprint density at radius 3 is 2.37 bits per heavy atom. The van der Waals surface area contributed by atoms with E-state index in [0.717, 1.165) is 0 Å². The lowest BCUT2D eigenvalue weighted by Crippen LogP contribution is -2.53. The zero-order chi connectivity index (χ0) is 14.5. The molecule has 0 bridgehead atoms. The van der Waals surface area contributed by atoms with Crippen molar-refractivity contribution in [2.75, 3.05) is 53.4 Å². The Morgan fingerprint density at radius 1 is 1.32 bits per heavy atom. The van der Waals surface area contributed by atoms with Crippen LogP contribution in [0.1, 0.15) is 0 Å². The molecule has 0 aliphatic carbocycles. The molecule has 19 heavy (non-hydrogen) atoms. The monoisotopic (exact) mass is 290 g/mol. The van der Waals surface area contributed by atoms with Gasteiger partial charge in [-0.25, -0.2) is 0 Å². The molecule has 1 heterocycles. The lowest BCUT2D eigenvalue weighted by Gasteiger charge is -2.34. The summed E-state index contributed by atoms with van der Waals surface area (Å²) >= 11 is 0. The average Bonchev–Trinajstić information content (AvgIpc) is 2.36. The third kappa shape index (κ3) is 4.57. The molecule has 0 atom stereocenters. The Morgan fingerprint density at radius 2 is 1.89 bits per heavy atom. The molecule has 1 aliphatic rings. The first-order valence-corrected chi connectivity index (χ1v) is 7.55. The molecule has 110 valence electrons. The second kappa shape index (κ2) is 6.99. The first-order valence-electron chi connectivity index (χ1n) is 6.15. The van der Waals surface area contributed by atoms with Crippen LogP contribution in [0.2, 0.25) is 0 Å². The summed E-state index contributed by atoms with van der Waals surface area (Å²) in [5.41, 5.74) is 0. The molecule has 0 aromatic heterocycles. The first-order chi connectivity index (χ1) is 8.87. The van der Waals surface area contributed by atoms with Crippen LogP contribution in [0.3, 0.4) is 0 Å². The summed E-state index contributed by atoms with van der Waals surface area (Å²) < 4.78 is 26.4. The number of hydrogen-bond donors (Lipinski definition) is 1. The fourth-order valence-corrected chi connectivity index (χ4v) is 2.88. The van der Waals surface area contributed by atoms with Crippen LogP contribution in [-0.2, 0) is 15.0 Å². The quantitative estimate of drug-likeness (QED) is 0.618.